The predicted molar refractivity (Wildman–Crippen MR) is 170 cm³/mol. The number of amides is 6. The van der Waals surface area contributed by atoms with Gasteiger partial charge in [0.05, 0.1) is 25.9 Å². The zero-order chi connectivity index (χ0) is 37.3. The lowest BCUT2D eigenvalue weighted by Gasteiger charge is -2.22. The molecule has 0 spiro atoms. The highest BCUT2D eigenvalue weighted by atomic mass is 19.4. The number of rotatable bonds is 22. The summed E-state index contributed by atoms with van der Waals surface area (Å²) in [6, 6.07) is 6.05. The number of halogens is 3. The monoisotopic (exact) mass is 712 g/mol. The summed E-state index contributed by atoms with van der Waals surface area (Å²) in [5.41, 5.74) is 0.643. The molecular weight excluding hydrogens is 669 g/mol. The second kappa shape index (κ2) is 20.7. The average Bonchev–Trinajstić information content (AvgIpc) is 3.30. The molecule has 5 N–H and O–H groups in total. The van der Waals surface area contributed by atoms with E-state index in [1.807, 2.05) is 0 Å². The highest BCUT2D eigenvalue weighted by Gasteiger charge is 2.44. The van der Waals surface area contributed by atoms with Crippen LogP contribution in [-0.2, 0) is 49.5 Å². The standard InChI is InChI=1S/C32H43F3N6O9/c1-20-13-28(47)41(31(20)49)12-8-4-7-11-25(44)37-16-26(45)38-17-27(46)40-24(14-22-9-5-3-6-10-22)30(48)39-23(18-42)15-36-19-50-29(21(2)43)32(33,34)35/h3,5-6,9-10,18,20,23-24,29,36H,4,7-8,11-17,19H2,1-2H3,(H,37,44)(H,38,45)(H,39,48)(H,40,46)/t20?,23?,24-,29?/m0/s1. The number of unbranched alkanes of at least 4 members (excludes halogenated alkanes) is 2. The number of hydrogen-bond acceptors (Lipinski definition) is 10. The van der Waals surface area contributed by atoms with Gasteiger partial charge in [-0.25, -0.2) is 0 Å². The minimum atomic E-state index is -4.93. The summed E-state index contributed by atoms with van der Waals surface area (Å²) < 4.78 is 43.2. The maximum Gasteiger partial charge on any atom is 0.421 e. The first-order chi connectivity index (χ1) is 23.6. The molecule has 0 aromatic heterocycles. The fraction of sp³-hybridized carbons (Fsp3) is 0.562. The van der Waals surface area contributed by atoms with Crippen molar-refractivity contribution < 1.29 is 56.3 Å². The molecule has 0 bridgehead atoms. The molecule has 4 atom stereocenters. The molecule has 50 heavy (non-hydrogen) atoms. The summed E-state index contributed by atoms with van der Waals surface area (Å²) >= 11 is 0. The van der Waals surface area contributed by atoms with Gasteiger partial charge in [-0.3, -0.25) is 43.8 Å². The van der Waals surface area contributed by atoms with E-state index in [2.05, 4.69) is 31.3 Å². The van der Waals surface area contributed by atoms with Crippen LogP contribution in [0.2, 0.25) is 0 Å². The van der Waals surface area contributed by atoms with Gasteiger partial charge in [-0.05, 0) is 25.3 Å². The van der Waals surface area contributed by atoms with Crippen molar-refractivity contribution in [3.63, 3.8) is 0 Å². The molecule has 1 fully saturated rings. The number of benzene rings is 1. The normalized spacial score (nSPS) is 16.3. The van der Waals surface area contributed by atoms with Crippen LogP contribution in [0.25, 0.3) is 0 Å². The highest BCUT2D eigenvalue weighted by Crippen LogP contribution is 2.23. The van der Waals surface area contributed by atoms with Crippen LogP contribution in [0, 0.1) is 5.92 Å². The molecule has 1 saturated heterocycles. The van der Waals surface area contributed by atoms with E-state index < -0.39 is 73.6 Å². The molecule has 1 aromatic rings. The van der Waals surface area contributed by atoms with Crippen molar-refractivity contribution in [2.45, 2.75) is 76.7 Å². The number of alkyl halides is 3. The number of Topliss-reactive ketones (excluding diaryl/α,β-unsaturated/α-hetero) is 1. The summed E-state index contributed by atoms with van der Waals surface area (Å²) in [7, 11) is 0. The SMILES string of the molecule is CC(=O)C(OCNCC(C=O)NC(=O)[C@H](Cc1ccccc1)NC(=O)CNC(=O)CNC(=O)CCCCCN1C(=O)CC(C)C1=O)C(F)(F)F. The van der Waals surface area contributed by atoms with E-state index >= 15 is 0 Å². The fourth-order valence-electron chi connectivity index (χ4n) is 4.84. The average molecular weight is 713 g/mol. The Morgan fingerprint density at radius 3 is 2.22 bits per heavy atom. The smallest absolute Gasteiger partial charge is 0.347 e. The van der Waals surface area contributed by atoms with Gasteiger partial charge < -0.3 is 30.8 Å². The summed E-state index contributed by atoms with van der Waals surface area (Å²) in [6.07, 6.45) is -5.35. The molecule has 6 amide bonds. The van der Waals surface area contributed by atoms with Crippen LogP contribution < -0.4 is 26.6 Å². The number of aldehydes is 1. The van der Waals surface area contributed by atoms with Gasteiger partial charge in [-0.15, -0.1) is 0 Å². The maximum absolute atomic E-state index is 13.1. The minimum Gasteiger partial charge on any atom is -0.347 e. The van der Waals surface area contributed by atoms with Crippen LogP contribution in [0.1, 0.15) is 51.5 Å². The third-order valence-electron chi connectivity index (χ3n) is 7.46. The largest absolute Gasteiger partial charge is 0.421 e. The van der Waals surface area contributed by atoms with E-state index in [0.29, 0.717) is 37.7 Å². The van der Waals surface area contributed by atoms with Crippen LogP contribution in [0.5, 0.6) is 0 Å². The summed E-state index contributed by atoms with van der Waals surface area (Å²) in [4.78, 5) is 97.8. The molecule has 1 aliphatic heterocycles. The lowest BCUT2D eigenvalue weighted by Crippen LogP contribution is -2.54. The first kappa shape index (κ1) is 41.5. The van der Waals surface area contributed by atoms with Crippen LogP contribution >= 0.6 is 0 Å². The highest BCUT2D eigenvalue weighted by molar-refractivity contribution is 6.03. The number of ketones is 1. The molecule has 0 radical (unpaired) electrons. The van der Waals surface area contributed by atoms with E-state index in [1.165, 1.54) is 4.90 Å². The van der Waals surface area contributed by atoms with Crippen LogP contribution in [0.4, 0.5) is 13.2 Å². The zero-order valence-corrected chi connectivity index (χ0v) is 27.8. The number of nitrogens with one attached hydrogen (secondary N) is 5. The van der Waals surface area contributed by atoms with E-state index in [4.69, 9.17) is 0 Å². The van der Waals surface area contributed by atoms with Crippen molar-refractivity contribution >= 4 is 47.5 Å². The first-order valence-corrected chi connectivity index (χ1v) is 16.0. The predicted octanol–water partition coefficient (Wildman–Crippen LogP) is -0.331. The summed E-state index contributed by atoms with van der Waals surface area (Å²) in [6.45, 7) is 0.645. The van der Waals surface area contributed by atoms with Gasteiger partial charge in [0.1, 0.15) is 12.3 Å². The molecule has 0 saturated carbocycles. The number of hydrogen-bond donors (Lipinski definition) is 5. The molecular formula is C32H43F3N6O9. The lowest BCUT2D eigenvalue weighted by atomic mass is 10.0. The number of ether oxygens (including phenoxy) is 1. The molecule has 3 unspecified atom stereocenters. The van der Waals surface area contributed by atoms with Crippen LogP contribution in [0.15, 0.2) is 30.3 Å². The van der Waals surface area contributed by atoms with Gasteiger partial charge in [-0.2, -0.15) is 13.2 Å². The molecule has 1 aromatic carbocycles. The second-order valence-corrected chi connectivity index (χ2v) is 11.7. The van der Waals surface area contributed by atoms with Crippen molar-refractivity contribution in [2.24, 2.45) is 5.92 Å². The van der Waals surface area contributed by atoms with Crippen molar-refractivity contribution in [1.82, 2.24) is 31.5 Å². The van der Waals surface area contributed by atoms with Crippen molar-refractivity contribution in [1.29, 1.82) is 0 Å². The van der Waals surface area contributed by atoms with Crippen LogP contribution in [-0.4, -0.2) is 110 Å². The Kier molecular flexibility index (Phi) is 17.2. The Morgan fingerprint density at radius 1 is 0.960 bits per heavy atom. The van der Waals surface area contributed by atoms with E-state index in [1.54, 1.807) is 37.3 Å². The Labute approximate surface area is 286 Å². The van der Waals surface area contributed by atoms with E-state index in [9.17, 15) is 51.5 Å². The quantitative estimate of drug-likeness (QED) is 0.0458. The molecule has 0 aliphatic carbocycles. The van der Waals surface area contributed by atoms with Gasteiger partial charge in [0.25, 0.3) is 0 Å². The molecule has 276 valence electrons. The van der Waals surface area contributed by atoms with E-state index in [-0.39, 0.29) is 43.5 Å². The third-order valence-corrected chi connectivity index (χ3v) is 7.46. The summed E-state index contributed by atoms with van der Waals surface area (Å²) in [5, 5.41) is 12.0. The van der Waals surface area contributed by atoms with Gasteiger partial charge in [0, 0.05) is 38.3 Å². The second-order valence-electron chi connectivity index (χ2n) is 11.7. The summed E-state index contributed by atoms with van der Waals surface area (Å²) in [5.74, 6) is -4.61. The molecule has 2 rings (SSSR count). The maximum atomic E-state index is 13.1. The van der Waals surface area contributed by atoms with Crippen LogP contribution in [0.3, 0.4) is 0 Å². The number of carbonyl (C=O) groups excluding carboxylic acids is 8. The Morgan fingerprint density at radius 2 is 1.62 bits per heavy atom. The van der Waals surface area contributed by atoms with Crippen molar-refractivity contribution in [3.8, 4) is 0 Å². The van der Waals surface area contributed by atoms with E-state index in [0.717, 1.165) is 6.92 Å². The van der Waals surface area contributed by atoms with Gasteiger partial charge in [-0.1, -0.05) is 43.7 Å². The van der Waals surface area contributed by atoms with Gasteiger partial charge >= 0.3 is 6.18 Å². The zero-order valence-electron chi connectivity index (χ0n) is 27.8. The number of imide groups is 1. The Balaban J connectivity index is 1.78. The topological polar surface area (TPSA) is 209 Å². The van der Waals surface area contributed by atoms with Crippen molar-refractivity contribution in [3.05, 3.63) is 35.9 Å². The third kappa shape index (κ3) is 14.8. The molecule has 1 heterocycles. The molecule has 18 heteroatoms. The Hall–Kier alpha value is -4.71. The lowest BCUT2D eigenvalue weighted by molar-refractivity contribution is -0.217. The molecule has 1 aliphatic rings. The van der Waals surface area contributed by atoms with Gasteiger partial charge in [0.15, 0.2) is 5.78 Å². The first-order valence-electron chi connectivity index (χ1n) is 16.0. The number of likely N-dealkylation sites (tertiary alicyclic amines) is 1. The number of nitrogens with zero attached hydrogens (tertiary/aromatic N) is 1. The van der Waals surface area contributed by atoms with Crippen molar-refractivity contribution in [2.75, 3.05) is 32.9 Å². The molecule has 15 nitrogen and oxygen atoms in total. The minimum absolute atomic E-state index is 0.0137. The Bertz CT molecular complexity index is 1360. The fourth-order valence-corrected chi connectivity index (χ4v) is 4.84. The van der Waals surface area contributed by atoms with Gasteiger partial charge in [0.2, 0.25) is 41.5 Å². The number of carbonyl (C=O) groups is 8.